The fourth-order valence-corrected chi connectivity index (χ4v) is 3.97. The summed E-state index contributed by atoms with van der Waals surface area (Å²) in [5.41, 5.74) is 7.71. The summed E-state index contributed by atoms with van der Waals surface area (Å²) in [5.74, 6) is -3.05. The number of hydrogen-bond acceptors (Lipinski definition) is 6. The van der Waals surface area contributed by atoms with Gasteiger partial charge in [0, 0.05) is 19.0 Å². The molecule has 0 heterocycles. The minimum absolute atomic E-state index is 0.0211. The fraction of sp³-hybridized carbons (Fsp3) is 0.312. The van der Waals surface area contributed by atoms with E-state index >= 15 is 0 Å². The molecule has 0 aliphatic carbocycles. The number of halogens is 4. The maximum atomic E-state index is 14.1. The number of aliphatic hydroxyl groups is 1. The van der Waals surface area contributed by atoms with E-state index in [9.17, 15) is 27.5 Å². The Hall–Kier alpha value is -4.42. The number of rotatable bonds is 13. The van der Waals surface area contributed by atoms with Crippen molar-refractivity contribution >= 4 is 12.1 Å². The van der Waals surface area contributed by atoms with Gasteiger partial charge in [-0.15, -0.1) is 0 Å². The van der Waals surface area contributed by atoms with Crippen LogP contribution in [0.25, 0.3) is 0 Å². The number of hydrogen-bond donors (Lipinski definition) is 2. The standard InChI is InChI=1S/C30H35FN2O4.C2HF3O2/c1-3-13-36-27-16-25(15-26(31)18-27)17-28(32)29(34)20-33(19-24-12-8-11-22(4-2)14-24)30(35)37-21-23-9-6-5-7-10-23;3-2(4,5)1(6)7/h3,5-12,14-16,18,28-29,34H,1,4,13,17,19-21,32H2,2H3;(H,6,7). The first kappa shape index (κ1) is 35.8. The Morgan fingerprint density at radius 3 is 2.27 bits per heavy atom. The van der Waals surface area contributed by atoms with Crippen LogP contribution < -0.4 is 15.6 Å². The minimum atomic E-state index is -5.19. The van der Waals surface area contributed by atoms with Gasteiger partial charge in [0.25, 0.3) is 0 Å². The average molecular weight is 621 g/mol. The number of aryl methyl sites for hydroxylation is 1. The summed E-state index contributed by atoms with van der Waals surface area (Å²) in [4.78, 5) is 23.4. The van der Waals surface area contributed by atoms with Crippen molar-refractivity contribution in [1.29, 1.82) is 0 Å². The van der Waals surface area contributed by atoms with E-state index in [1.165, 1.54) is 17.0 Å². The van der Waals surface area contributed by atoms with E-state index in [-0.39, 0.29) is 26.3 Å². The van der Waals surface area contributed by atoms with Crippen LogP contribution in [-0.4, -0.2) is 53.5 Å². The highest BCUT2D eigenvalue weighted by Gasteiger charge is 2.29. The van der Waals surface area contributed by atoms with E-state index in [1.807, 2.05) is 54.6 Å². The second kappa shape index (κ2) is 17.6. The molecular formula is C32H36F4N2O6. The van der Waals surface area contributed by atoms with Crippen molar-refractivity contribution in [1.82, 2.24) is 4.90 Å². The predicted octanol–water partition coefficient (Wildman–Crippen LogP) is 3.60. The molecule has 0 aromatic heterocycles. The third kappa shape index (κ3) is 12.8. The highest BCUT2D eigenvalue weighted by molar-refractivity contribution is 5.70. The van der Waals surface area contributed by atoms with Gasteiger partial charge in [0.05, 0.1) is 6.54 Å². The predicted molar refractivity (Wildman–Crippen MR) is 152 cm³/mol. The van der Waals surface area contributed by atoms with E-state index in [0.717, 1.165) is 23.1 Å². The number of ether oxygens (including phenoxy) is 2. The zero-order valence-electron chi connectivity index (χ0n) is 24.3. The summed E-state index contributed by atoms with van der Waals surface area (Å²) < 4.78 is 56.7. The lowest BCUT2D eigenvalue weighted by Crippen LogP contribution is -2.69. The highest BCUT2D eigenvalue weighted by Crippen LogP contribution is 2.19. The first-order valence-corrected chi connectivity index (χ1v) is 13.7. The molecule has 8 nitrogen and oxygen atoms in total. The molecule has 1 amide bonds. The molecule has 4 N–H and O–H groups in total. The molecule has 3 aromatic carbocycles. The lowest BCUT2D eigenvalue weighted by atomic mass is 10.0. The maximum Gasteiger partial charge on any atom is 0.430 e. The van der Waals surface area contributed by atoms with Crippen molar-refractivity contribution in [2.24, 2.45) is 0 Å². The molecule has 0 saturated carbocycles. The topological polar surface area (TPSA) is 127 Å². The van der Waals surface area contributed by atoms with E-state index < -0.39 is 36.2 Å². The molecule has 3 aromatic rings. The van der Waals surface area contributed by atoms with Gasteiger partial charge in [0.1, 0.15) is 42.9 Å². The van der Waals surface area contributed by atoms with Gasteiger partial charge in [-0.2, -0.15) is 13.2 Å². The van der Waals surface area contributed by atoms with E-state index in [0.29, 0.717) is 17.7 Å². The summed E-state index contributed by atoms with van der Waals surface area (Å²) in [6, 6.07) is 21.3. The average Bonchev–Trinajstić information content (AvgIpc) is 2.98. The van der Waals surface area contributed by atoms with Crippen molar-refractivity contribution < 1.29 is 52.6 Å². The largest absolute Gasteiger partial charge is 0.542 e. The molecule has 238 valence electrons. The summed E-state index contributed by atoms with van der Waals surface area (Å²) in [5, 5.41) is 19.8. The number of aliphatic hydroxyl groups excluding tert-OH is 1. The number of carboxylic acid groups (broad SMARTS) is 1. The van der Waals surface area contributed by atoms with Crippen molar-refractivity contribution in [3.05, 3.63) is 114 Å². The third-order valence-electron chi connectivity index (χ3n) is 6.22. The molecule has 0 saturated heterocycles. The Balaban J connectivity index is 0.000000860. The van der Waals surface area contributed by atoms with Crippen molar-refractivity contribution in [3.63, 3.8) is 0 Å². The summed E-state index contributed by atoms with van der Waals surface area (Å²) in [7, 11) is 0. The Kier molecular flexibility index (Phi) is 14.3. The second-order valence-corrected chi connectivity index (χ2v) is 9.81. The van der Waals surface area contributed by atoms with Gasteiger partial charge in [-0.3, -0.25) is 0 Å². The number of carbonyl (C=O) groups excluding carboxylic acids is 2. The smallest absolute Gasteiger partial charge is 0.430 e. The third-order valence-corrected chi connectivity index (χ3v) is 6.22. The molecular weight excluding hydrogens is 584 g/mol. The molecule has 12 heteroatoms. The SMILES string of the molecule is C=CCOc1cc(F)cc(CC([NH3+])C(O)CN(Cc2cccc(CC)c2)C(=O)OCc2ccccc2)c1.O=C([O-])C(F)(F)F. The number of carboxylic acids is 1. The first-order valence-electron chi connectivity index (χ1n) is 13.7. The van der Waals surface area contributed by atoms with Gasteiger partial charge in [0.2, 0.25) is 0 Å². The van der Waals surface area contributed by atoms with Crippen molar-refractivity contribution in [3.8, 4) is 5.75 Å². The van der Waals surface area contributed by atoms with Gasteiger partial charge in [-0.25, -0.2) is 9.18 Å². The van der Waals surface area contributed by atoms with Gasteiger partial charge in [-0.05, 0) is 40.8 Å². The summed E-state index contributed by atoms with van der Waals surface area (Å²) in [6.45, 7) is 6.37. The Labute approximate surface area is 253 Å². The maximum absolute atomic E-state index is 14.1. The lowest BCUT2D eigenvalue weighted by molar-refractivity contribution is -0.437. The molecule has 2 atom stereocenters. The Morgan fingerprint density at radius 1 is 1.02 bits per heavy atom. The molecule has 3 rings (SSSR count). The van der Waals surface area contributed by atoms with Crippen LogP contribution in [0.5, 0.6) is 5.75 Å². The molecule has 0 radical (unpaired) electrons. The Bertz CT molecular complexity index is 1350. The zero-order chi connectivity index (χ0) is 32.7. The second-order valence-electron chi connectivity index (χ2n) is 9.81. The van der Waals surface area contributed by atoms with Crippen LogP contribution >= 0.6 is 0 Å². The van der Waals surface area contributed by atoms with Gasteiger partial charge in [-0.1, -0.05) is 74.2 Å². The molecule has 2 unspecified atom stereocenters. The molecule has 0 aliphatic rings. The fourth-order valence-electron chi connectivity index (χ4n) is 3.97. The number of aliphatic carboxylic acids is 1. The zero-order valence-corrected chi connectivity index (χ0v) is 24.3. The number of carbonyl (C=O) groups is 2. The Morgan fingerprint density at radius 2 is 1.66 bits per heavy atom. The van der Waals surface area contributed by atoms with Crippen LogP contribution in [0.2, 0.25) is 0 Å². The highest BCUT2D eigenvalue weighted by atomic mass is 19.4. The number of quaternary nitrogens is 1. The first-order chi connectivity index (χ1) is 20.8. The van der Waals surface area contributed by atoms with E-state index in [1.54, 1.807) is 12.1 Å². The minimum Gasteiger partial charge on any atom is -0.542 e. The normalized spacial score (nSPS) is 12.2. The van der Waals surface area contributed by atoms with Crippen molar-refractivity contribution in [2.75, 3.05) is 13.2 Å². The van der Waals surface area contributed by atoms with E-state index in [4.69, 9.17) is 19.4 Å². The quantitative estimate of drug-likeness (QED) is 0.222. The van der Waals surface area contributed by atoms with Gasteiger partial charge in [0.15, 0.2) is 0 Å². The van der Waals surface area contributed by atoms with Crippen molar-refractivity contribution in [2.45, 2.75) is 51.2 Å². The number of alkyl halides is 3. The van der Waals surface area contributed by atoms with Crippen LogP contribution in [0.1, 0.15) is 29.2 Å². The molecule has 0 bridgehead atoms. The number of amides is 1. The van der Waals surface area contributed by atoms with E-state index in [2.05, 4.69) is 19.2 Å². The molecule has 0 aliphatic heterocycles. The van der Waals surface area contributed by atoms with Crippen LogP contribution in [0, 0.1) is 5.82 Å². The summed E-state index contributed by atoms with van der Waals surface area (Å²) in [6.07, 6.45) is -3.91. The monoisotopic (exact) mass is 620 g/mol. The molecule has 0 spiro atoms. The number of benzene rings is 3. The van der Waals surface area contributed by atoms with Crippen LogP contribution in [0.4, 0.5) is 22.4 Å². The van der Waals surface area contributed by atoms with Crippen LogP contribution in [0.3, 0.4) is 0 Å². The van der Waals surface area contributed by atoms with Gasteiger partial charge >= 0.3 is 12.3 Å². The molecule has 44 heavy (non-hydrogen) atoms. The van der Waals surface area contributed by atoms with Crippen LogP contribution in [0.15, 0.2) is 85.5 Å². The number of nitrogens with zero attached hydrogens (tertiary/aromatic N) is 1. The van der Waals surface area contributed by atoms with Gasteiger partial charge < -0.3 is 35.1 Å². The summed E-state index contributed by atoms with van der Waals surface area (Å²) >= 11 is 0. The lowest BCUT2D eigenvalue weighted by Gasteiger charge is -2.26. The molecule has 0 fully saturated rings. The van der Waals surface area contributed by atoms with Crippen LogP contribution in [-0.2, 0) is 35.5 Å².